The van der Waals surface area contributed by atoms with Gasteiger partial charge in [-0.2, -0.15) is 0 Å². The van der Waals surface area contributed by atoms with Crippen LogP contribution in [0.15, 0.2) is 30.6 Å². The van der Waals surface area contributed by atoms with E-state index in [2.05, 4.69) is 10.6 Å². The lowest BCUT2D eigenvalue weighted by molar-refractivity contribution is 0.128. The van der Waals surface area contributed by atoms with Crippen LogP contribution in [-0.2, 0) is 0 Å². The van der Waals surface area contributed by atoms with Gasteiger partial charge in [-0.1, -0.05) is 12.5 Å². The Morgan fingerprint density at radius 2 is 1.94 bits per heavy atom. The van der Waals surface area contributed by atoms with Gasteiger partial charge in [-0.3, -0.25) is 0 Å². The Morgan fingerprint density at radius 3 is 2.56 bits per heavy atom. The molecule has 1 atom stereocenters. The number of aliphatic hydroxyl groups is 1. The molecule has 1 aliphatic heterocycles. The lowest BCUT2D eigenvalue weighted by Gasteiger charge is -2.30. The summed E-state index contributed by atoms with van der Waals surface area (Å²) in [7, 11) is 0. The smallest absolute Gasteiger partial charge is 0.127 e. The molecule has 3 N–H and O–H groups in total. The molecule has 96 valence electrons. The van der Waals surface area contributed by atoms with Crippen molar-refractivity contribution in [3.05, 3.63) is 47.5 Å². The van der Waals surface area contributed by atoms with E-state index in [1.54, 1.807) is 24.5 Å². The highest BCUT2D eigenvalue weighted by molar-refractivity contribution is 5.35. The maximum Gasteiger partial charge on any atom is 0.127 e. The molecule has 3 rings (SSSR count). The fraction of sp³-hybridized carbons (Fsp3) is 0.429. The summed E-state index contributed by atoms with van der Waals surface area (Å²) in [6.07, 6.45) is 6.00. The normalized spacial score (nSPS) is 21.2. The number of benzene rings is 1. The summed E-state index contributed by atoms with van der Waals surface area (Å²) in [5.74, 6) is 0.179. The highest BCUT2D eigenvalue weighted by Gasteiger charge is 2.28. The summed E-state index contributed by atoms with van der Waals surface area (Å²) in [4.78, 5) is 0. The number of hydrogen-bond donors (Lipinski definition) is 3. The second kappa shape index (κ2) is 4.61. The van der Waals surface area contributed by atoms with Crippen molar-refractivity contribution in [3.8, 4) is 0 Å². The minimum atomic E-state index is -0.670. The number of halogens is 1. The summed E-state index contributed by atoms with van der Waals surface area (Å²) in [6.45, 7) is 0. The molecule has 0 aromatic heterocycles. The molecule has 2 aliphatic rings. The lowest BCUT2D eigenvalue weighted by Crippen LogP contribution is -2.37. The minimum Gasteiger partial charge on any atom is -0.384 e. The van der Waals surface area contributed by atoms with E-state index < -0.39 is 6.10 Å². The topological polar surface area (TPSA) is 44.3 Å². The van der Waals surface area contributed by atoms with Gasteiger partial charge in [0.15, 0.2) is 0 Å². The van der Waals surface area contributed by atoms with Crippen LogP contribution >= 0.6 is 0 Å². The largest absolute Gasteiger partial charge is 0.384 e. The first kappa shape index (κ1) is 11.5. The van der Waals surface area contributed by atoms with Crippen LogP contribution in [0, 0.1) is 5.82 Å². The number of nitrogens with one attached hydrogen (secondary N) is 2. The van der Waals surface area contributed by atoms with Crippen LogP contribution in [0.4, 0.5) is 4.39 Å². The van der Waals surface area contributed by atoms with Crippen molar-refractivity contribution in [2.75, 3.05) is 0 Å². The summed E-state index contributed by atoms with van der Waals surface area (Å²) < 4.78 is 13.4. The molecule has 1 saturated carbocycles. The number of aliphatic hydroxyl groups excluding tert-OH is 1. The molecule has 3 nitrogen and oxygen atoms in total. The third kappa shape index (κ3) is 1.97. The molecule has 4 heteroatoms. The second-order valence-electron chi connectivity index (χ2n) is 4.99. The van der Waals surface area contributed by atoms with E-state index in [0.717, 1.165) is 24.0 Å². The van der Waals surface area contributed by atoms with Crippen molar-refractivity contribution in [1.82, 2.24) is 10.6 Å². The summed E-state index contributed by atoms with van der Waals surface area (Å²) >= 11 is 0. The molecule has 1 aliphatic carbocycles. The van der Waals surface area contributed by atoms with Crippen molar-refractivity contribution in [1.29, 1.82) is 0 Å². The minimum absolute atomic E-state index is 0.224. The lowest BCUT2D eigenvalue weighted by atomic mass is 9.77. The van der Waals surface area contributed by atoms with Crippen molar-refractivity contribution < 1.29 is 9.50 Å². The number of rotatable bonds is 3. The third-order valence-electron chi connectivity index (χ3n) is 3.86. The molecule has 1 unspecified atom stereocenters. The molecule has 0 amide bonds. The molecule has 18 heavy (non-hydrogen) atoms. The molecule has 1 heterocycles. The average molecular weight is 248 g/mol. The van der Waals surface area contributed by atoms with Crippen molar-refractivity contribution in [2.24, 2.45) is 0 Å². The van der Waals surface area contributed by atoms with E-state index >= 15 is 0 Å². The monoisotopic (exact) mass is 248 g/mol. The first-order valence-electron chi connectivity index (χ1n) is 6.40. The summed E-state index contributed by atoms with van der Waals surface area (Å²) in [6, 6.07) is 4.70. The van der Waals surface area contributed by atoms with Gasteiger partial charge in [0.2, 0.25) is 0 Å². The van der Waals surface area contributed by atoms with Crippen LogP contribution in [0.2, 0.25) is 0 Å². The van der Waals surface area contributed by atoms with Gasteiger partial charge in [-0.05, 0) is 42.0 Å². The molecule has 0 bridgehead atoms. The molecular weight excluding hydrogens is 231 g/mol. The van der Waals surface area contributed by atoms with Crippen LogP contribution < -0.4 is 10.6 Å². The molecule has 1 aromatic rings. The van der Waals surface area contributed by atoms with Gasteiger partial charge < -0.3 is 15.7 Å². The summed E-state index contributed by atoms with van der Waals surface area (Å²) in [5, 5.41) is 16.4. The zero-order valence-corrected chi connectivity index (χ0v) is 10.1. The van der Waals surface area contributed by atoms with Gasteiger partial charge in [0.25, 0.3) is 0 Å². The Morgan fingerprint density at radius 1 is 1.22 bits per heavy atom. The van der Waals surface area contributed by atoms with E-state index in [0.29, 0.717) is 5.92 Å². The third-order valence-corrected chi connectivity index (χ3v) is 3.86. The Labute approximate surface area is 106 Å². The van der Waals surface area contributed by atoms with Gasteiger partial charge in [-0.25, -0.2) is 4.39 Å². The van der Waals surface area contributed by atoms with Gasteiger partial charge >= 0.3 is 0 Å². The fourth-order valence-electron chi connectivity index (χ4n) is 2.60. The van der Waals surface area contributed by atoms with Crippen LogP contribution in [0.25, 0.3) is 0 Å². The Hall–Kier alpha value is -1.55. The van der Waals surface area contributed by atoms with E-state index in [4.69, 9.17) is 0 Å². The molecule has 1 fully saturated rings. The Balaban J connectivity index is 1.89. The summed E-state index contributed by atoms with van der Waals surface area (Å²) in [5.41, 5.74) is 1.79. The molecule has 0 spiro atoms. The highest BCUT2D eigenvalue weighted by Crippen LogP contribution is 2.40. The van der Waals surface area contributed by atoms with Crippen LogP contribution in [0.5, 0.6) is 0 Å². The Bertz CT molecular complexity index is 463. The fourth-order valence-corrected chi connectivity index (χ4v) is 2.60. The molecule has 0 saturated heterocycles. The van der Waals surface area contributed by atoms with E-state index in [1.165, 1.54) is 12.5 Å². The van der Waals surface area contributed by atoms with Crippen LogP contribution in [0.1, 0.15) is 42.4 Å². The SMILES string of the molecule is OC(c1ccc(F)cc1C1CCC1)C1NC=CN1. The van der Waals surface area contributed by atoms with Gasteiger partial charge in [0.1, 0.15) is 18.1 Å². The molecular formula is C14H17FN2O. The van der Waals surface area contributed by atoms with Crippen LogP contribution in [-0.4, -0.2) is 11.3 Å². The van der Waals surface area contributed by atoms with E-state index in [1.807, 2.05) is 0 Å². The maximum atomic E-state index is 13.4. The molecule has 1 aromatic carbocycles. The maximum absolute atomic E-state index is 13.4. The zero-order valence-electron chi connectivity index (χ0n) is 10.1. The zero-order chi connectivity index (χ0) is 12.5. The van der Waals surface area contributed by atoms with Crippen molar-refractivity contribution in [2.45, 2.75) is 37.5 Å². The predicted octanol–water partition coefficient (Wildman–Crippen LogP) is 2.12. The second-order valence-corrected chi connectivity index (χ2v) is 4.99. The number of hydrogen-bond acceptors (Lipinski definition) is 3. The van der Waals surface area contributed by atoms with Gasteiger partial charge in [-0.15, -0.1) is 0 Å². The van der Waals surface area contributed by atoms with Gasteiger partial charge in [0, 0.05) is 12.4 Å². The first-order valence-corrected chi connectivity index (χ1v) is 6.40. The van der Waals surface area contributed by atoms with Crippen molar-refractivity contribution >= 4 is 0 Å². The predicted molar refractivity (Wildman–Crippen MR) is 67.2 cm³/mol. The molecule has 0 radical (unpaired) electrons. The Kier molecular flexibility index (Phi) is 2.96. The van der Waals surface area contributed by atoms with Crippen molar-refractivity contribution in [3.63, 3.8) is 0 Å². The van der Waals surface area contributed by atoms with E-state index in [9.17, 15) is 9.50 Å². The van der Waals surface area contributed by atoms with Gasteiger partial charge in [0.05, 0.1) is 0 Å². The average Bonchev–Trinajstić information content (AvgIpc) is 2.79. The first-order chi connectivity index (χ1) is 8.75. The highest BCUT2D eigenvalue weighted by atomic mass is 19.1. The quantitative estimate of drug-likeness (QED) is 0.767. The standard InChI is InChI=1S/C14H17FN2O/c15-10-4-5-11(12(8-10)9-2-1-3-9)13(18)14-16-6-7-17-14/h4-9,13-14,16-18H,1-3H2. The van der Waals surface area contributed by atoms with E-state index in [-0.39, 0.29) is 12.0 Å². The van der Waals surface area contributed by atoms with Crippen LogP contribution in [0.3, 0.4) is 0 Å².